The van der Waals surface area contributed by atoms with Crippen LogP contribution in [0.25, 0.3) is 0 Å². The topological polar surface area (TPSA) is 47.7 Å². The van der Waals surface area contributed by atoms with Crippen LogP contribution in [0.15, 0.2) is 12.4 Å². The second-order valence-electron chi connectivity index (χ2n) is 5.42. The summed E-state index contributed by atoms with van der Waals surface area (Å²) in [6.07, 6.45) is 1.22. The lowest BCUT2D eigenvalue weighted by molar-refractivity contribution is 0.121. The summed E-state index contributed by atoms with van der Waals surface area (Å²) in [5.41, 5.74) is 2.71. The molecule has 8 heteroatoms. The van der Waals surface area contributed by atoms with Gasteiger partial charge in [-0.25, -0.2) is 8.78 Å². The molecule has 2 heterocycles. The number of aryl methyl sites for hydroxylation is 1. The number of hydrogen-bond donors (Lipinski definition) is 1. The minimum Gasteiger partial charge on any atom is -0.364 e. The average molecular weight is 334 g/mol. The number of nitrogens with zero attached hydrogens (tertiary/aromatic N) is 4. The Morgan fingerprint density at radius 1 is 1.27 bits per heavy atom. The van der Waals surface area contributed by atoms with Gasteiger partial charge >= 0.3 is 0 Å². The van der Waals surface area contributed by atoms with Crippen LogP contribution in [-0.2, 0) is 13.1 Å². The highest BCUT2D eigenvalue weighted by Gasteiger charge is 2.12. The summed E-state index contributed by atoms with van der Waals surface area (Å²) >= 11 is 0. The summed E-state index contributed by atoms with van der Waals surface area (Å²) in [5.74, 6) is 0.810. The van der Waals surface area contributed by atoms with Crippen LogP contribution in [0.5, 0.6) is 0 Å². The van der Waals surface area contributed by atoms with E-state index in [1.54, 1.807) is 13.1 Å². The normalized spacial score (nSPS) is 11.1. The molecule has 5 nitrogen and oxygen atoms in total. The monoisotopic (exact) mass is 333 g/mol. The van der Waals surface area contributed by atoms with Gasteiger partial charge in [0.25, 0.3) is 6.43 Å². The van der Waals surface area contributed by atoms with Crippen LogP contribution in [0, 0.1) is 13.8 Å². The van der Waals surface area contributed by atoms with Gasteiger partial charge in [0, 0.05) is 35.6 Å². The minimum atomic E-state index is -2.40. The van der Waals surface area contributed by atoms with Crippen molar-refractivity contribution in [3.8, 4) is 0 Å². The summed E-state index contributed by atoms with van der Waals surface area (Å²) in [7, 11) is 0. The summed E-state index contributed by atoms with van der Waals surface area (Å²) in [4.78, 5) is 0. The molecule has 2 rings (SSSR count). The zero-order valence-electron chi connectivity index (χ0n) is 13.2. The van der Waals surface area contributed by atoms with Crippen molar-refractivity contribution < 1.29 is 8.78 Å². The zero-order chi connectivity index (χ0) is 15.6. The first-order valence-corrected chi connectivity index (χ1v) is 6.97. The molecule has 0 amide bonds. The molecule has 0 saturated heterocycles. The minimum absolute atomic E-state index is 0. The predicted octanol–water partition coefficient (Wildman–Crippen LogP) is 3.58. The first-order valence-electron chi connectivity index (χ1n) is 6.97. The molecule has 0 aliphatic rings. The summed E-state index contributed by atoms with van der Waals surface area (Å²) in [6, 6.07) is 0.301. The van der Waals surface area contributed by atoms with E-state index in [4.69, 9.17) is 0 Å². The molecule has 0 fully saturated rings. The van der Waals surface area contributed by atoms with E-state index in [-0.39, 0.29) is 19.0 Å². The Bertz CT molecular complexity index is 606. The van der Waals surface area contributed by atoms with E-state index in [1.165, 1.54) is 4.68 Å². The van der Waals surface area contributed by atoms with E-state index in [9.17, 15) is 8.78 Å². The van der Waals surface area contributed by atoms with Crippen LogP contribution >= 0.6 is 12.4 Å². The Kier molecular flexibility index (Phi) is 6.34. The van der Waals surface area contributed by atoms with Gasteiger partial charge in [-0.15, -0.1) is 12.4 Å². The molecule has 0 bridgehead atoms. The van der Waals surface area contributed by atoms with Crippen LogP contribution in [0.4, 0.5) is 14.6 Å². The highest BCUT2D eigenvalue weighted by atomic mass is 35.5. The third-order valence-corrected chi connectivity index (χ3v) is 3.41. The van der Waals surface area contributed by atoms with E-state index in [2.05, 4.69) is 29.4 Å². The maximum atomic E-state index is 12.4. The van der Waals surface area contributed by atoms with Crippen molar-refractivity contribution >= 4 is 18.2 Å². The van der Waals surface area contributed by atoms with Crippen molar-refractivity contribution in [2.24, 2.45) is 0 Å². The maximum absolute atomic E-state index is 12.4. The molecular formula is C14H22ClF2N5. The Balaban J connectivity index is 0.00000242. The van der Waals surface area contributed by atoms with Gasteiger partial charge in [0.05, 0.1) is 6.20 Å². The third-order valence-electron chi connectivity index (χ3n) is 3.41. The van der Waals surface area contributed by atoms with Gasteiger partial charge in [-0.3, -0.25) is 9.36 Å². The lowest BCUT2D eigenvalue weighted by Crippen LogP contribution is -2.10. The Morgan fingerprint density at radius 2 is 1.95 bits per heavy atom. The molecular weight excluding hydrogens is 312 g/mol. The van der Waals surface area contributed by atoms with Crippen molar-refractivity contribution in [2.45, 2.75) is 53.3 Å². The number of alkyl halides is 2. The SMILES string of the molecule is Cc1cn(C(C)C)nc1NCc1cnn(CC(F)F)c1C.Cl. The van der Waals surface area contributed by atoms with Gasteiger partial charge in [0.2, 0.25) is 0 Å². The molecule has 1 N–H and O–H groups in total. The lowest BCUT2D eigenvalue weighted by Gasteiger charge is -2.07. The van der Waals surface area contributed by atoms with E-state index >= 15 is 0 Å². The molecule has 0 atom stereocenters. The largest absolute Gasteiger partial charge is 0.364 e. The molecule has 0 radical (unpaired) electrons. The number of aromatic nitrogens is 4. The molecule has 0 saturated carbocycles. The molecule has 0 aliphatic heterocycles. The fourth-order valence-electron chi connectivity index (χ4n) is 2.07. The van der Waals surface area contributed by atoms with Crippen molar-refractivity contribution in [1.82, 2.24) is 19.6 Å². The van der Waals surface area contributed by atoms with Crippen LogP contribution in [-0.4, -0.2) is 26.0 Å². The first-order chi connectivity index (χ1) is 9.88. The highest BCUT2D eigenvalue weighted by molar-refractivity contribution is 5.85. The number of rotatable bonds is 6. The van der Waals surface area contributed by atoms with Crippen molar-refractivity contribution in [3.63, 3.8) is 0 Å². The van der Waals surface area contributed by atoms with Crippen molar-refractivity contribution in [2.75, 3.05) is 5.32 Å². The van der Waals surface area contributed by atoms with Gasteiger partial charge < -0.3 is 5.32 Å². The standard InChI is InChI=1S/C14H21F2N5.ClH/c1-9(2)20-7-10(3)14(19-20)17-5-12-6-18-21(11(12)4)8-13(15)16;/h6-7,9,13H,5,8H2,1-4H3,(H,17,19);1H. The number of anilines is 1. The van der Waals surface area contributed by atoms with Crippen LogP contribution < -0.4 is 5.32 Å². The van der Waals surface area contributed by atoms with E-state index in [1.807, 2.05) is 17.8 Å². The zero-order valence-corrected chi connectivity index (χ0v) is 14.0. The van der Waals surface area contributed by atoms with Gasteiger partial charge in [-0.1, -0.05) is 0 Å². The van der Waals surface area contributed by atoms with Crippen molar-refractivity contribution in [1.29, 1.82) is 0 Å². The summed E-state index contributed by atoms with van der Waals surface area (Å²) in [5, 5.41) is 11.7. The fourth-order valence-corrected chi connectivity index (χ4v) is 2.07. The Hall–Kier alpha value is -1.63. The lowest BCUT2D eigenvalue weighted by atomic mass is 10.2. The van der Waals surface area contributed by atoms with Gasteiger partial charge in [0.1, 0.15) is 6.54 Å². The first kappa shape index (κ1) is 18.4. The summed E-state index contributed by atoms with van der Waals surface area (Å²) < 4.78 is 28.0. The number of nitrogens with one attached hydrogen (secondary N) is 1. The second-order valence-corrected chi connectivity index (χ2v) is 5.42. The smallest absolute Gasteiger partial charge is 0.257 e. The Labute approximate surface area is 135 Å². The average Bonchev–Trinajstić information content (AvgIpc) is 2.92. The quantitative estimate of drug-likeness (QED) is 0.879. The third kappa shape index (κ3) is 4.19. The summed E-state index contributed by atoms with van der Waals surface area (Å²) in [6.45, 7) is 8.06. The second kappa shape index (κ2) is 7.58. The van der Waals surface area contributed by atoms with Crippen LogP contribution in [0.3, 0.4) is 0 Å². The van der Waals surface area contributed by atoms with Gasteiger partial charge in [-0.05, 0) is 27.7 Å². The van der Waals surface area contributed by atoms with Gasteiger partial charge in [0.15, 0.2) is 5.82 Å². The molecule has 0 spiro atoms. The van der Waals surface area contributed by atoms with Gasteiger partial charge in [-0.2, -0.15) is 10.2 Å². The maximum Gasteiger partial charge on any atom is 0.257 e. The molecule has 2 aromatic rings. The van der Waals surface area contributed by atoms with E-state index < -0.39 is 6.43 Å². The molecule has 0 aliphatic carbocycles. The molecule has 0 unspecified atom stereocenters. The number of halogens is 3. The molecule has 124 valence electrons. The predicted molar refractivity (Wildman–Crippen MR) is 84.9 cm³/mol. The fraction of sp³-hybridized carbons (Fsp3) is 0.571. The highest BCUT2D eigenvalue weighted by Crippen LogP contribution is 2.17. The van der Waals surface area contributed by atoms with Crippen LogP contribution in [0.1, 0.15) is 36.7 Å². The molecule has 22 heavy (non-hydrogen) atoms. The number of hydrogen-bond acceptors (Lipinski definition) is 3. The molecule has 0 aromatic carbocycles. The van der Waals surface area contributed by atoms with Crippen LogP contribution in [0.2, 0.25) is 0 Å². The Morgan fingerprint density at radius 3 is 2.50 bits per heavy atom. The van der Waals surface area contributed by atoms with E-state index in [0.29, 0.717) is 12.6 Å². The van der Waals surface area contributed by atoms with Crippen molar-refractivity contribution in [3.05, 3.63) is 29.2 Å². The molecule has 2 aromatic heterocycles. The van der Waals surface area contributed by atoms with E-state index in [0.717, 1.165) is 22.6 Å².